The number of rotatable bonds is 2. The molecule has 1 aromatic rings. The van der Waals surface area contributed by atoms with E-state index in [2.05, 4.69) is 9.97 Å². The highest BCUT2D eigenvalue weighted by Crippen LogP contribution is 2.19. The summed E-state index contributed by atoms with van der Waals surface area (Å²) in [7, 11) is 0. The van der Waals surface area contributed by atoms with Gasteiger partial charge in [0.25, 0.3) is 0 Å². The van der Waals surface area contributed by atoms with Gasteiger partial charge in [0.2, 0.25) is 0 Å². The number of aromatic nitrogens is 2. The number of nitrogens with zero attached hydrogens (tertiary/aromatic N) is 2. The Hall–Kier alpha value is -0.810. The van der Waals surface area contributed by atoms with E-state index in [1.54, 1.807) is 13.1 Å². The molecule has 1 rings (SSSR count). The Bertz CT molecular complexity index is 277. The summed E-state index contributed by atoms with van der Waals surface area (Å²) in [5.41, 5.74) is 6.15. The maximum absolute atomic E-state index is 9.20. The molecule has 1 aromatic heterocycles. The maximum atomic E-state index is 9.20. The first kappa shape index (κ1) is 9.28. The zero-order valence-electron chi connectivity index (χ0n) is 6.98. The van der Waals surface area contributed by atoms with Gasteiger partial charge in [-0.05, 0) is 13.2 Å². The summed E-state index contributed by atoms with van der Waals surface area (Å²) >= 11 is 1.42. The largest absolute Gasteiger partial charge is 0.389 e. The van der Waals surface area contributed by atoms with E-state index in [0.29, 0.717) is 16.5 Å². The Kier molecular flexibility index (Phi) is 2.88. The molecule has 0 bridgehead atoms. The van der Waals surface area contributed by atoms with Crippen molar-refractivity contribution in [1.82, 2.24) is 9.97 Å². The minimum absolute atomic E-state index is 0.351. The lowest BCUT2D eigenvalue weighted by atomic mass is 10.2. The molecule has 0 aliphatic rings. The first-order valence-corrected chi connectivity index (χ1v) is 4.72. The first-order valence-electron chi connectivity index (χ1n) is 3.49. The van der Waals surface area contributed by atoms with E-state index in [-0.39, 0.29) is 0 Å². The lowest BCUT2D eigenvalue weighted by molar-refractivity contribution is 0.199. The Labute approximate surface area is 75.2 Å². The molecule has 0 spiro atoms. The van der Waals surface area contributed by atoms with Gasteiger partial charge >= 0.3 is 0 Å². The molecule has 0 saturated heterocycles. The Balaban J connectivity index is 3.03. The van der Waals surface area contributed by atoms with Crippen molar-refractivity contribution in [2.45, 2.75) is 18.2 Å². The third-order valence-corrected chi connectivity index (χ3v) is 2.02. The van der Waals surface area contributed by atoms with Gasteiger partial charge in [0.05, 0.1) is 6.10 Å². The van der Waals surface area contributed by atoms with Crippen LogP contribution >= 0.6 is 11.8 Å². The van der Waals surface area contributed by atoms with Crippen molar-refractivity contribution >= 4 is 17.6 Å². The highest BCUT2D eigenvalue weighted by Gasteiger charge is 2.07. The molecule has 1 unspecified atom stereocenters. The van der Waals surface area contributed by atoms with E-state index in [4.69, 9.17) is 5.73 Å². The summed E-state index contributed by atoms with van der Waals surface area (Å²) in [6.07, 6.45) is 2.82. The van der Waals surface area contributed by atoms with Crippen molar-refractivity contribution in [3.05, 3.63) is 11.8 Å². The average molecular weight is 185 g/mol. The van der Waals surface area contributed by atoms with Crippen molar-refractivity contribution in [2.24, 2.45) is 0 Å². The van der Waals surface area contributed by atoms with Crippen LogP contribution in [0.5, 0.6) is 0 Å². The molecule has 5 heteroatoms. The predicted octanol–water partition coefficient (Wildman–Crippen LogP) is 0.834. The second-order valence-electron chi connectivity index (χ2n) is 2.37. The van der Waals surface area contributed by atoms with Gasteiger partial charge in [-0.15, -0.1) is 0 Å². The van der Waals surface area contributed by atoms with Crippen LogP contribution in [0.25, 0.3) is 0 Å². The van der Waals surface area contributed by atoms with Gasteiger partial charge in [-0.3, -0.25) is 0 Å². The molecule has 3 N–H and O–H groups in total. The molecular formula is C7H11N3OS. The molecule has 66 valence electrons. The fraction of sp³-hybridized carbons (Fsp3) is 0.429. The second kappa shape index (κ2) is 3.73. The van der Waals surface area contributed by atoms with Gasteiger partial charge in [-0.1, -0.05) is 11.8 Å². The summed E-state index contributed by atoms with van der Waals surface area (Å²) in [6, 6.07) is 0. The van der Waals surface area contributed by atoms with Crippen molar-refractivity contribution in [3.8, 4) is 0 Å². The van der Waals surface area contributed by atoms with Crippen LogP contribution < -0.4 is 5.73 Å². The highest BCUT2D eigenvalue weighted by molar-refractivity contribution is 7.98. The van der Waals surface area contributed by atoms with Crippen molar-refractivity contribution in [2.75, 3.05) is 12.0 Å². The first-order chi connectivity index (χ1) is 5.65. The monoisotopic (exact) mass is 185 g/mol. The molecule has 1 atom stereocenters. The Morgan fingerprint density at radius 2 is 2.33 bits per heavy atom. The van der Waals surface area contributed by atoms with Crippen molar-refractivity contribution in [1.29, 1.82) is 0 Å². The van der Waals surface area contributed by atoms with E-state index in [0.717, 1.165) is 0 Å². The molecule has 0 amide bonds. The normalized spacial score (nSPS) is 12.9. The lowest BCUT2D eigenvalue weighted by Crippen LogP contribution is -2.03. The minimum Gasteiger partial charge on any atom is -0.389 e. The van der Waals surface area contributed by atoms with Crippen LogP contribution in [0.15, 0.2) is 11.4 Å². The van der Waals surface area contributed by atoms with Gasteiger partial charge < -0.3 is 10.8 Å². The highest BCUT2D eigenvalue weighted by atomic mass is 32.2. The standard InChI is InChI=1S/C7H11N3OS/c1-4(11)5-3-9-7(12-2)10-6(5)8/h3-4,11H,1-2H3,(H2,8,9,10). The number of aliphatic hydroxyl groups excluding tert-OH is 1. The number of nitrogen functional groups attached to an aromatic ring is 1. The molecule has 0 radical (unpaired) electrons. The van der Waals surface area contributed by atoms with Gasteiger partial charge in [0, 0.05) is 11.8 Å². The summed E-state index contributed by atoms with van der Waals surface area (Å²) in [4.78, 5) is 7.97. The summed E-state index contributed by atoms with van der Waals surface area (Å²) < 4.78 is 0. The van der Waals surface area contributed by atoms with Crippen LogP contribution in [0.2, 0.25) is 0 Å². The summed E-state index contributed by atoms with van der Waals surface area (Å²) in [6.45, 7) is 1.63. The van der Waals surface area contributed by atoms with E-state index >= 15 is 0 Å². The van der Waals surface area contributed by atoms with Gasteiger partial charge in [0.15, 0.2) is 5.16 Å². The maximum Gasteiger partial charge on any atom is 0.189 e. The quantitative estimate of drug-likeness (QED) is 0.527. The van der Waals surface area contributed by atoms with Gasteiger partial charge in [-0.2, -0.15) is 0 Å². The zero-order chi connectivity index (χ0) is 9.14. The molecule has 4 nitrogen and oxygen atoms in total. The minimum atomic E-state index is -0.610. The molecule has 1 heterocycles. The summed E-state index contributed by atoms with van der Waals surface area (Å²) in [5.74, 6) is 0.351. The fourth-order valence-corrected chi connectivity index (χ4v) is 1.16. The van der Waals surface area contributed by atoms with Crippen LogP contribution in [-0.2, 0) is 0 Å². The van der Waals surface area contributed by atoms with Crippen molar-refractivity contribution < 1.29 is 5.11 Å². The molecule has 0 saturated carbocycles. The van der Waals surface area contributed by atoms with Gasteiger partial charge in [0.1, 0.15) is 5.82 Å². The number of thioether (sulfide) groups is 1. The van der Waals surface area contributed by atoms with Crippen LogP contribution in [0.3, 0.4) is 0 Å². The van der Waals surface area contributed by atoms with Crippen molar-refractivity contribution in [3.63, 3.8) is 0 Å². The lowest BCUT2D eigenvalue weighted by Gasteiger charge is -2.06. The third kappa shape index (κ3) is 1.86. The Morgan fingerprint density at radius 3 is 2.75 bits per heavy atom. The number of hydrogen-bond donors (Lipinski definition) is 2. The molecule has 0 fully saturated rings. The molecule has 0 aliphatic carbocycles. The molecule has 0 aromatic carbocycles. The third-order valence-electron chi connectivity index (χ3n) is 1.46. The molecule has 12 heavy (non-hydrogen) atoms. The SMILES string of the molecule is CSc1ncc(C(C)O)c(N)n1. The zero-order valence-corrected chi connectivity index (χ0v) is 7.80. The second-order valence-corrected chi connectivity index (χ2v) is 3.15. The van der Waals surface area contributed by atoms with E-state index in [1.165, 1.54) is 11.8 Å². The number of anilines is 1. The van der Waals surface area contributed by atoms with E-state index in [1.807, 2.05) is 6.26 Å². The Morgan fingerprint density at radius 1 is 1.67 bits per heavy atom. The average Bonchev–Trinajstić information content (AvgIpc) is 2.03. The topological polar surface area (TPSA) is 72.0 Å². The number of aliphatic hydroxyl groups is 1. The van der Waals surface area contributed by atoms with Crippen LogP contribution in [0, 0.1) is 0 Å². The summed E-state index contributed by atoms with van der Waals surface area (Å²) in [5, 5.41) is 9.82. The number of nitrogens with two attached hydrogens (primary N) is 1. The van der Waals surface area contributed by atoms with Crippen LogP contribution in [-0.4, -0.2) is 21.3 Å². The van der Waals surface area contributed by atoms with Crippen LogP contribution in [0.4, 0.5) is 5.82 Å². The van der Waals surface area contributed by atoms with Crippen LogP contribution in [0.1, 0.15) is 18.6 Å². The van der Waals surface area contributed by atoms with E-state index < -0.39 is 6.10 Å². The van der Waals surface area contributed by atoms with Gasteiger partial charge in [-0.25, -0.2) is 9.97 Å². The molecular weight excluding hydrogens is 174 g/mol. The molecule has 0 aliphatic heterocycles. The number of hydrogen-bond acceptors (Lipinski definition) is 5. The fourth-order valence-electron chi connectivity index (χ4n) is 0.808. The van der Waals surface area contributed by atoms with E-state index in [9.17, 15) is 5.11 Å². The predicted molar refractivity (Wildman–Crippen MR) is 48.9 cm³/mol. The smallest absolute Gasteiger partial charge is 0.189 e.